The second-order valence-electron chi connectivity index (χ2n) is 7.98. The summed E-state index contributed by atoms with van der Waals surface area (Å²) in [5.41, 5.74) is 2.94. The summed E-state index contributed by atoms with van der Waals surface area (Å²) in [5, 5.41) is 3.09. The molecule has 2 aliphatic heterocycles. The van der Waals surface area contributed by atoms with Gasteiger partial charge in [-0.1, -0.05) is 54.6 Å². The molecule has 5 heteroatoms. The number of nitrogens with zero attached hydrogens (tertiary/aromatic N) is 2. The molecule has 2 aliphatic rings. The Morgan fingerprint density at radius 1 is 1.00 bits per heavy atom. The van der Waals surface area contributed by atoms with Crippen LogP contribution < -0.4 is 5.32 Å². The highest BCUT2D eigenvalue weighted by molar-refractivity contribution is 5.92. The van der Waals surface area contributed by atoms with Gasteiger partial charge in [0.25, 0.3) is 0 Å². The Balaban J connectivity index is 1.47. The Kier molecular flexibility index (Phi) is 6.25. The quantitative estimate of drug-likeness (QED) is 0.739. The zero-order chi connectivity index (χ0) is 20.1. The summed E-state index contributed by atoms with van der Waals surface area (Å²) in [7, 11) is 0. The molecule has 0 saturated carbocycles. The van der Waals surface area contributed by atoms with E-state index in [1.54, 1.807) is 4.90 Å². The van der Waals surface area contributed by atoms with Gasteiger partial charge in [-0.2, -0.15) is 0 Å². The van der Waals surface area contributed by atoms with E-state index >= 15 is 0 Å². The third kappa shape index (κ3) is 4.67. The largest absolute Gasteiger partial charge is 0.354 e. The van der Waals surface area contributed by atoms with Crippen LogP contribution in [0.2, 0.25) is 0 Å². The van der Waals surface area contributed by atoms with E-state index < -0.39 is 6.04 Å². The normalized spacial score (nSPS) is 19.2. The molecule has 0 aromatic heterocycles. The van der Waals surface area contributed by atoms with Crippen molar-refractivity contribution in [2.75, 3.05) is 26.2 Å². The van der Waals surface area contributed by atoms with Crippen molar-refractivity contribution in [3.63, 3.8) is 0 Å². The number of amides is 2. The average Bonchev–Trinajstić information content (AvgIpc) is 3.26. The molecule has 2 amide bonds. The fourth-order valence-electron chi connectivity index (χ4n) is 4.40. The molecule has 2 aromatic carbocycles. The van der Waals surface area contributed by atoms with Gasteiger partial charge >= 0.3 is 0 Å². The Morgan fingerprint density at radius 2 is 1.72 bits per heavy atom. The summed E-state index contributed by atoms with van der Waals surface area (Å²) in [4.78, 5) is 30.3. The number of carbonyl (C=O) groups is 2. The first kappa shape index (κ1) is 19.6. The van der Waals surface area contributed by atoms with Crippen LogP contribution in [0.1, 0.15) is 42.0 Å². The number of rotatable bonds is 7. The van der Waals surface area contributed by atoms with Crippen LogP contribution in [0.15, 0.2) is 54.6 Å². The standard InChI is InChI=1S/C24H29N3O2/c28-22-17-20-11-4-5-12-21(20)23(27(22)18-19-9-2-1-3-10-19)24(29)25-13-8-16-26-14-6-7-15-26/h1-5,9-12,23H,6-8,13-18H2,(H,25,29)/t23-/m0/s1. The zero-order valence-electron chi connectivity index (χ0n) is 16.8. The van der Waals surface area contributed by atoms with Crippen molar-refractivity contribution < 1.29 is 9.59 Å². The van der Waals surface area contributed by atoms with E-state index in [1.165, 1.54) is 25.9 Å². The van der Waals surface area contributed by atoms with Crippen LogP contribution in [0.5, 0.6) is 0 Å². The van der Waals surface area contributed by atoms with Crippen molar-refractivity contribution in [1.82, 2.24) is 15.1 Å². The second-order valence-corrected chi connectivity index (χ2v) is 7.98. The SMILES string of the molecule is O=C(NCCCN1CCCC1)[C@@H]1c2ccccc2CC(=O)N1Cc1ccccc1. The van der Waals surface area contributed by atoms with Gasteiger partial charge in [-0.25, -0.2) is 0 Å². The van der Waals surface area contributed by atoms with Gasteiger partial charge in [0, 0.05) is 13.1 Å². The number of likely N-dealkylation sites (tertiary alicyclic amines) is 1. The fraction of sp³-hybridized carbons (Fsp3) is 0.417. The monoisotopic (exact) mass is 391 g/mol. The van der Waals surface area contributed by atoms with E-state index in [4.69, 9.17) is 0 Å². The smallest absolute Gasteiger partial charge is 0.247 e. The lowest BCUT2D eigenvalue weighted by atomic mass is 9.91. The van der Waals surface area contributed by atoms with E-state index in [0.717, 1.165) is 29.7 Å². The third-order valence-corrected chi connectivity index (χ3v) is 5.92. The number of hydrogen-bond acceptors (Lipinski definition) is 3. The molecule has 2 aromatic rings. The minimum atomic E-state index is -0.570. The van der Waals surface area contributed by atoms with Crippen molar-refractivity contribution >= 4 is 11.8 Å². The minimum Gasteiger partial charge on any atom is -0.354 e. The van der Waals surface area contributed by atoms with E-state index in [0.29, 0.717) is 19.5 Å². The Labute approximate surface area is 172 Å². The lowest BCUT2D eigenvalue weighted by Crippen LogP contribution is -2.47. The molecular formula is C24H29N3O2. The maximum Gasteiger partial charge on any atom is 0.247 e. The molecule has 1 N–H and O–H groups in total. The molecule has 152 valence electrons. The van der Waals surface area contributed by atoms with Gasteiger partial charge in [0.1, 0.15) is 6.04 Å². The Morgan fingerprint density at radius 3 is 2.52 bits per heavy atom. The summed E-state index contributed by atoms with van der Waals surface area (Å²) in [6, 6.07) is 17.1. The first-order valence-electron chi connectivity index (χ1n) is 10.6. The van der Waals surface area contributed by atoms with Crippen LogP contribution in [0.25, 0.3) is 0 Å². The highest BCUT2D eigenvalue weighted by Crippen LogP contribution is 2.32. The molecular weight excluding hydrogens is 362 g/mol. The predicted molar refractivity (Wildman–Crippen MR) is 113 cm³/mol. The van der Waals surface area contributed by atoms with Crippen LogP contribution in [-0.4, -0.2) is 47.8 Å². The number of benzene rings is 2. The molecule has 0 radical (unpaired) electrons. The molecule has 1 saturated heterocycles. The summed E-state index contributed by atoms with van der Waals surface area (Å²) < 4.78 is 0. The number of fused-ring (bicyclic) bond motifs is 1. The maximum atomic E-state index is 13.2. The number of nitrogens with one attached hydrogen (secondary N) is 1. The third-order valence-electron chi connectivity index (χ3n) is 5.92. The van der Waals surface area contributed by atoms with Crippen molar-refractivity contribution in [3.8, 4) is 0 Å². The summed E-state index contributed by atoms with van der Waals surface area (Å²) in [5.74, 6) is -0.0763. The van der Waals surface area contributed by atoms with E-state index in [1.807, 2.05) is 54.6 Å². The Hall–Kier alpha value is -2.66. The molecule has 0 unspecified atom stereocenters. The lowest BCUT2D eigenvalue weighted by Gasteiger charge is -2.36. The van der Waals surface area contributed by atoms with Crippen LogP contribution in [0.3, 0.4) is 0 Å². The van der Waals surface area contributed by atoms with Crippen molar-refractivity contribution in [2.45, 2.75) is 38.3 Å². The summed E-state index contributed by atoms with van der Waals surface area (Å²) in [6.07, 6.45) is 3.85. The molecule has 1 atom stereocenters. The molecule has 29 heavy (non-hydrogen) atoms. The molecule has 1 fully saturated rings. The van der Waals surface area contributed by atoms with Crippen molar-refractivity contribution in [2.24, 2.45) is 0 Å². The zero-order valence-corrected chi connectivity index (χ0v) is 16.8. The van der Waals surface area contributed by atoms with Crippen molar-refractivity contribution in [3.05, 3.63) is 71.3 Å². The van der Waals surface area contributed by atoms with Gasteiger partial charge in [0.15, 0.2) is 0 Å². The lowest BCUT2D eigenvalue weighted by molar-refractivity contribution is -0.142. The van der Waals surface area contributed by atoms with Gasteiger partial charge in [-0.3, -0.25) is 9.59 Å². The Bertz CT molecular complexity index is 846. The number of hydrogen-bond donors (Lipinski definition) is 1. The maximum absolute atomic E-state index is 13.2. The number of carbonyl (C=O) groups excluding carboxylic acids is 2. The molecule has 0 bridgehead atoms. The van der Waals surface area contributed by atoms with Gasteiger partial charge in [0.2, 0.25) is 11.8 Å². The summed E-state index contributed by atoms with van der Waals surface area (Å²) in [6.45, 7) is 4.45. The molecule has 5 nitrogen and oxygen atoms in total. The second kappa shape index (κ2) is 9.23. The van der Waals surface area contributed by atoms with E-state index in [2.05, 4.69) is 10.2 Å². The molecule has 4 rings (SSSR count). The topological polar surface area (TPSA) is 52.7 Å². The van der Waals surface area contributed by atoms with Crippen molar-refractivity contribution in [1.29, 1.82) is 0 Å². The first-order valence-corrected chi connectivity index (χ1v) is 10.6. The highest BCUT2D eigenvalue weighted by atomic mass is 16.2. The predicted octanol–water partition coefficient (Wildman–Crippen LogP) is 2.91. The van der Waals surface area contributed by atoms with Gasteiger partial charge in [-0.05, 0) is 55.6 Å². The first-order chi connectivity index (χ1) is 14.2. The van der Waals surface area contributed by atoms with E-state index in [-0.39, 0.29) is 11.8 Å². The van der Waals surface area contributed by atoms with Crippen LogP contribution >= 0.6 is 0 Å². The van der Waals surface area contributed by atoms with Gasteiger partial charge in [-0.15, -0.1) is 0 Å². The molecule has 0 aliphatic carbocycles. The van der Waals surface area contributed by atoms with Crippen LogP contribution in [0, 0.1) is 0 Å². The minimum absolute atomic E-state index is 0.00442. The van der Waals surface area contributed by atoms with Crippen LogP contribution in [0.4, 0.5) is 0 Å². The highest BCUT2D eigenvalue weighted by Gasteiger charge is 2.36. The molecule has 2 heterocycles. The van der Waals surface area contributed by atoms with Gasteiger partial charge in [0.05, 0.1) is 6.42 Å². The fourth-order valence-corrected chi connectivity index (χ4v) is 4.40. The summed E-state index contributed by atoms with van der Waals surface area (Å²) >= 11 is 0. The van der Waals surface area contributed by atoms with E-state index in [9.17, 15) is 9.59 Å². The van der Waals surface area contributed by atoms with Gasteiger partial charge < -0.3 is 15.1 Å². The molecule has 0 spiro atoms. The van der Waals surface area contributed by atoms with Crippen LogP contribution in [-0.2, 0) is 22.6 Å². The average molecular weight is 392 g/mol.